The molecule has 0 saturated heterocycles. The van der Waals surface area contributed by atoms with Gasteiger partial charge in [-0.2, -0.15) is 0 Å². The van der Waals surface area contributed by atoms with Gasteiger partial charge in [-0.25, -0.2) is 0 Å². The van der Waals surface area contributed by atoms with Crippen molar-refractivity contribution in [1.29, 1.82) is 0 Å². The number of nitrogens with two attached hydrogens (primary N) is 1. The molecule has 1 aliphatic carbocycles. The monoisotopic (exact) mass is 282 g/mol. The highest BCUT2D eigenvalue weighted by atomic mass is 79.9. The van der Waals surface area contributed by atoms with Gasteiger partial charge in [0, 0.05) is 16.2 Å². The lowest BCUT2D eigenvalue weighted by Gasteiger charge is -2.22. The third kappa shape index (κ3) is 2.41. The predicted molar refractivity (Wildman–Crippen MR) is 72.7 cm³/mol. The van der Waals surface area contributed by atoms with Crippen LogP contribution in [0.15, 0.2) is 22.7 Å². The zero-order valence-electron chi connectivity index (χ0n) is 9.67. The SMILES string of the molecule is Cc1c(Br)cccc1NC1CCCC1CN. The maximum Gasteiger partial charge on any atom is 0.0383 e. The lowest BCUT2D eigenvalue weighted by molar-refractivity contribution is 0.516. The first kappa shape index (κ1) is 11.9. The lowest BCUT2D eigenvalue weighted by Crippen LogP contribution is -2.29. The molecule has 2 unspecified atom stereocenters. The van der Waals surface area contributed by atoms with Gasteiger partial charge in [-0.1, -0.05) is 28.4 Å². The fourth-order valence-electron chi connectivity index (χ4n) is 2.47. The Balaban J connectivity index is 2.11. The van der Waals surface area contributed by atoms with E-state index < -0.39 is 0 Å². The summed E-state index contributed by atoms with van der Waals surface area (Å²) in [7, 11) is 0. The predicted octanol–water partition coefficient (Wildman–Crippen LogP) is 3.30. The van der Waals surface area contributed by atoms with Crippen LogP contribution < -0.4 is 11.1 Å². The lowest BCUT2D eigenvalue weighted by atomic mass is 10.0. The Kier molecular flexibility index (Phi) is 3.87. The van der Waals surface area contributed by atoms with Gasteiger partial charge >= 0.3 is 0 Å². The molecule has 3 heteroatoms. The Morgan fingerprint density at radius 2 is 2.25 bits per heavy atom. The normalized spacial score (nSPS) is 24.7. The van der Waals surface area contributed by atoms with Crippen LogP contribution in [0, 0.1) is 12.8 Å². The molecule has 0 bridgehead atoms. The third-order valence-electron chi connectivity index (χ3n) is 3.57. The summed E-state index contributed by atoms with van der Waals surface area (Å²) < 4.78 is 1.17. The summed E-state index contributed by atoms with van der Waals surface area (Å²) in [4.78, 5) is 0. The van der Waals surface area contributed by atoms with E-state index in [9.17, 15) is 0 Å². The Bertz CT molecular complexity index is 365. The highest BCUT2D eigenvalue weighted by Crippen LogP contribution is 2.30. The van der Waals surface area contributed by atoms with Crippen LogP contribution in [-0.4, -0.2) is 12.6 Å². The molecule has 1 aromatic carbocycles. The van der Waals surface area contributed by atoms with Crippen molar-refractivity contribution < 1.29 is 0 Å². The van der Waals surface area contributed by atoms with Crippen molar-refractivity contribution in [2.75, 3.05) is 11.9 Å². The Hall–Kier alpha value is -0.540. The number of rotatable bonds is 3. The first-order valence-corrected chi connectivity index (χ1v) is 6.73. The van der Waals surface area contributed by atoms with Crippen LogP contribution in [0.5, 0.6) is 0 Å². The molecule has 0 aliphatic heterocycles. The molecule has 0 amide bonds. The number of nitrogens with one attached hydrogen (secondary N) is 1. The second kappa shape index (κ2) is 5.19. The van der Waals surface area contributed by atoms with Gasteiger partial charge in [0.05, 0.1) is 0 Å². The summed E-state index contributed by atoms with van der Waals surface area (Å²) in [6.07, 6.45) is 3.81. The highest BCUT2D eigenvalue weighted by Gasteiger charge is 2.26. The number of halogens is 1. The van der Waals surface area contributed by atoms with E-state index in [4.69, 9.17) is 5.73 Å². The molecule has 2 rings (SSSR count). The number of hydrogen-bond acceptors (Lipinski definition) is 2. The second-order valence-electron chi connectivity index (χ2n) is 4.59. The summed E-state index contributed by atoms with van der Waals surface area (Å²) in [5.41, 5.74) is 8.31. The molecule has 2 nitrogen and oxygen atoms in total. The fraction of sp³-hybridized carbons (Fsp3) is 0.538. The molecular formula is C13H19BrN2. The van der Waals surface area contributed by atoms with Crippen molar-refractivity contribution in [3.63, 3.8) is 0 Å². The summed E-state index contributed by atoms with van der Waals surface area (Å²) in [5.74, 6) is 0.637. The first-order valence-electron chi connectivity index (χ1n) is 5.94. The average molecular weight is 283 g/mol. The standard InChI is InChI=1S/C13H19BrN2/c1-9-11(14)5-3-6-12(9)16-13-7-2-4-10(13)8-15/h3,5-6,10,13,16H,2,4,7-8,15H2,1H3. The van der Waals surface area contributed by atoms with Crippen LogP contribution in [0.2, 0.25) is 0 Å². The molecule has 3 N–H and O–H groups in total. The van der Waals surface area contributed by atoms with Gasteiger partial charge in [0.15, 0.2) is 0 Å². The second-order valence-corrected chi connectivity index (χ2v) is 5.44. The molecule has 1 aliphatic rings. The van der Waals surface area contributed by atoms with E-state index >= 15 is 0 Å². The van der Waals surface area contributed by atoms with Crippen molar-refractivity contribution in [2.45, 2.75) is 32.2 Å². The molecule has 0 aromatic heterocycles. The molecule has 0 radical (unpaired) electrons. The summed E-state index contributed by atoms with van der Waals surface area (Å²) in [6.45, 7) is 2.93. The zero-order valence-corrected chi connectivity index (χ0v) is 11.3. The van der Waals surface area contributed by atoms with E-state index in [1.165, 1.54) is 35.0 Å². The molecule has 0 spiro atoms. The van der Waals surface area contributed by atoms with Crippen LogP contribution in [0.25, 0.3) is 0 Å². The van der Waals surface area contributed by atoms with Crippen LogP contribution in [-0.2, 0) is 0 Å². The van der Waals surface area contributed by atoms with E-state index in [2.05, 4.69) is 46.4 Å². The van der Waals surface area contributed by atoms with Crippen molar-refractivity contribution in [1.82, 2.24) is 0 Å². The van der Waals surface area contributed by atoms with E-state index in [-0.39, 0.29) is 0 Å². The minimum atomic E-state index is 0.554. The van der Waals surface area contributed by atoms with Gasteiger partial charge in [-0.05, 0) is 49.9 Å². The van der Waals surface area contributed by atoms with E-state index in [0.717, 1.165) is 6.54 Å². The Morgan fingerprint density at radius 1 is 1.44 bits per heavy atom. The van der Waals surface area contributed by atoms with Crippen molar-refractivity contribution in [2.24, 2.45) is 11.7 Å². The fourth-order valence-corrected chi connectivity index (χ4v) is 2.84. The molecule has 2 atom stereocenters. The summed E-state index contributed by atoms with van der Waals surface area (Å²) >= 11 is 3.56. The topological polar surface area (TPSA) is 38.0 Å². The first-order chi connectivity index (χ1) is 7.72. The van der Waals surface area contributed by atoms with Gasteiger partial charge in [-0.3, -0.25) is 0 Å². The van der Waals surface area contributed by atoms with E-state index in [1.807, 2.05) is 0 Å². The third-order valence-corrected chi connectivity index (χ3v) is 4.43. The largest absolute Gasteiger partial charge is 0.382 e. The Labute approximate surface area is 106 Å². The van der Waals surface area contributed by atoms with Crippen LogP contribution >= 0.6 is 15.9 Å². The highest BCUT2D eigenvalue weighted by molar-refractivity contribution is 9.10. The maximum absolute atomic E-state index is 5.80. The average Bonchev–Trinajstić information content (AvgIpc) is 2.72. The molecule has 1 saturated carbocycles. The Morgan fingerprint density at radius 3 is 3.00 bits per heavy atom. The van der Waals surface area contributed by atoms with E-state index in [0.29, 0.717) is 12.0 Å². The van der Waals surface area contributed by atoms with Crippen molar-refractivity contribution in [3.05, 3.63) is 28.2 Å². The minimum absolute atomic E-state index is 0.554. The quantitative estimate of drug-likeness (QED) is 0.893. The summed E-state index contributed by atoms with van der Waals surface area (Å²) in [5, 5.41) is 3.64. The van der Waals surface area contributed by atoms with Gasteiger partial charge in [0.2, 0.25) is 0 Å². The van der Waals surface area contributed by atoms with Gasteiger partial charge in [0.25, 0.3) is 0 Å². The minimum Gasteiger partial charge on any atom is -0.382 e. The van der Waals surface area contributed by atoms with Crippen LogP contribution in [0.4, 0.5) is 5.69 Å². The molecule has 1 aromatic rings. The maximum atomic E-state index is 5.80. The molecule has 16 heavy (non-hydrogen) atoms. The molecular weight excluding hydrogens is 264 g/mol. The van der Waals surface area contributed by atoms with E-state index in [1.54, 1.807) is 0 Å². The number of benzene rings is 1. The smallest absolute Gasteiger partial charge is 0.0383 e. The number of anilines is 1. The van der Waals surface area contributed by atoms with Crippen LogP contribution in [0.1, 0.15) is 24.8 Å². The molecule has 88 valence electrons. The van der Waals surface area contributed by atoms with Gasteiger partial charge < -0.3 is 11.1 Å². The number of hydrogen-bond donors (Lipinski definition) is 2. The van der Waals surface area contributed by atoms with Crippen molar-refractivity contribution in [3.8, 4) is 0 Å². The van der Waals surface area contributed by atoms with Crippen LogP contribution in [0.3, 0.4) is 0 Å². The van der Waals surface area contributed by atoms with Crippen molar-refractivity contribution >= 4 is 21.6 Å². The van der Waals surface area contributed by atoms with Gasteiger partial charge in [-0.15, -0.1) is 0 Å². The molecule has 0 heterocycles. The zero-order chi connectivity index (χ0) is 11.5. The molecule has 1 fully saturated rings. The summed E-state index contributed by atoms with van der Waals surface area (Å²) in [6, 6.07) is 6.85. The van der Waals surface area contributed by atoms with Gasteiger partial charge in [0.1, 0.15) is 0 Å².